The van der Waals surface area contributed by atoms with E-state index in [0.717, 1.165) is 6.42 Å². The highest BCUT2D eigenvalue weighted by atomic mass is 32.2. The largest absolute Gasteiger partial charge is 0.392 e. The summed E-state index contributed by atoms with van der Waals surface area (Å²) in [6, 6.07) is -0.486. The molecule has 0 aromatic heterocycles. The van der Waals surface area contributed by atoms with E-state index in [2.05, 4.69) is 9.44 Å². The van der Waals surface area contributed by atoms with Gasteiger partial charge in [-0.2, -0.15) is 17.9 Å². The highest BCUT2D eigenvalue weighted by Crippen LogP contribution is 2.03. The maximum Gasteiger partial charge on any atom is 0.278 e. The second kappa shape index (κ2) is 5.90. The summed E-state index contributed by atoms with van der Waals surface area (Å²) in [6.07, 6.45) is 1.40. The summed E-state index contributed by atoms with van der Waals surface area (Å²) in [5, 5.41) is 0. The summed E-state index contributed by atoms with van der Waals surface area (Å²) in [4.78, 5) is 0.168. The van der Waals surface area contributed by atoms with Crippen molar-refractivity contribution in [1.82, 2.24) is 9.44 Å². The molecule has 4 N–H and O–H groups in total. The standard InChI is InChI=1S/C9H21N3O2S2/c1-5-6-7(8(10)15)11-16(13,14)12-9(2,3)4/h7,11-12H,5-6H2,1-4H3,(H2,10,15). The van der Waals surface area contributed by atoms with Gasteiger partial charge in [-0.1, -0.05) is 25.6 Å². The zero-order valence-electron chi connectivity index (χ0n) is 10.2. The monoisotopic (exact) mass is 267 g/mol. The second-order valence-corrected chi connectivity index (χ2v) is 6.64. The van der Waals surface area contributed by atoms with Gasteiger partial charge >= 0.3 is 0 Å². The van der Waals surface area contributed by atoms with E-state index in [1.54, 1.807) is 20.8 Å². The summed E-state index contributed by atoms with van der Waals surface area (Å²) in [7, 11) is -3.57. The van der Waals surface area contributed by atoms with Crippen LogP contribution in [0.4, 0.5) is 0 Å². The molecule has 0 radical (unpaired) electrons. The van der Waals surface area contributed by atoms with Crippen LogP contribution in [-0.2, 0) is 10.2 Å². The van der Waals surface area contributed by atoms with Gasteiger partial charge in [0, 0.05) is 5.54 Å². The molecule has 0 saturated carbocycles. The molecule has 5 nitrogen and oxygen atoms in total. The molecule has 0 aliphatic carbocycles. The van der Waals surface area contributed by atoms with Crippen LogP contribution in [0.1, 0.15) is 40.5 Å². The average molecular weight is 267 g/mol. The molecule has 1 unspecified atom stereocenters. The maximum absolute atomic E-state index is 11.7. The van der Waals surface area contributed by atoms with Crippen LogP contribution in [0.15, 0.2) is 0 Å². The minimum atomic E-state index is -3.57. The fourth-order valence-electron chi connectivity index (χ4n) is 1.17. The van der Waals surface area contributed by atoms with Crippen molar-refractivity contribution in [3.63, 3.8) is 0 Å². The van der Waals surface area contributed by atoms with Crippen molar-refractivity contribution in [3.8, 4) is 0 Å². The molecular formula is C9H21N3O2S2. The Hall–Kier alpha value is -0.240. The Morgan fingerprint density at radius 3 is 2.25 bits per heavy atom. The lowest BCUT2D eigenvalue weighted by molar-refractivity contribution is 0.479. The molecule has 0 amide bonds. The predicted octanol–water partition coefficient (Wildman–Crippen LogP) is 0.664. The Labute approximate surface area is 103 Å². The van der Waals surface area contributed by atoms with E-state index in [9.17, 15) is 8.42 Å². The first-order chi connectivity index (χ1) is 7.07. The van der Waals surface area contributed by atoms with Crippen LogP contribution in [0.3, 0.4) is 0 Å². The summed E-state index contributed by atoms with van der Waals surface area (Å²) < 4.78 is 28.3. The van der Waals surface area contributed by atoms with E-state index in [0.29, 0.717) is 6.42 Å². The molecule has 0 rings (SSSR count). The molecule has 0 aromatic carbocycles. The van der Waals surface area contributed by atoms with Gasteiger partial charge in [-0.15, -0.1) is 0 Å². The molecule has 0 aromatic rings. The topological polar surface area (TPSA) is 84.2 Å². The van der Waals surface area contributed by atoms with Crippen molar-refractivity contribution in [1.29, 1.82) is 0 Å². The van der Waals surface area contributed by atoms with Gasteiger partial charge in [0.05, 0.1) is 11.0 Å². The highest BCUT2D eigenvalue weighted by Gasteiger charge is 2.23. The Balaban J connectivity index is 4.61. The van der Waals surface area contributed by atoms with Gasteiger partial charge < -0.3 is 5.73 Å². The summed E-state index contributed by atoms with van der Waals surface area (Å²) >= 11 is 4.81. The molecule has 0 heterocycles. The summed E-state index contributed by atoms with van der Waals surface area (Å²) in [6.45, 7) is 7.24. The van der Waals surface area contributed by atoms with Gasteiger partial charge in [0.15, 0.2) is 0 Å². The molecule has 0 spiro atoms. The van der Waals surface area contributed by atoms with Crippen LogP contribution in [-0.4, -0.2) is 25.0 Å². The molecule has 1 atom stereocenters. The van der Waals surface area contributed by atoms with Crippen LogP contribution in [0.2, 0.25) is 0 Å². The SMILES string of the molecule is CCCC(NS(=O)(=O)NC(C)(C)C)C(N)=S. The van der Waals surface area contributed by atoms with Crippen molar-refractivity contribution in [2.75, 3.05) is 0 Å². The number of hydrogen-bond acceptors (Lipinski definition) is 3. The van der Waals surface area contributed by atoms with Gasteiger partial charge in [0.1, 0.15) is 0 Å². The molecule has 0 fully saturated rings. The first kappa shape index (κ1) is 15.8. The summed E-state index contributed by atoms with van der Waals surface area (Å²) in [5.74, 6) is 0. The maximum atomic E-state index is 11.7. The van der Waals surface area contributed by atoms with Gasteiger partial charge in [-0.25, -0.2) is 0 Å². The van der Waals surface area contributed by atoms with Gasteiger partial charge in [-0.05, 0) is 27.2 Å². The fourth-order valence-corrected chi connectivity index (χ4v) is 2.90. The minimum Gasteiger partial charge on any atom is -0.392 e. The molecule has 0 aliphatic heterocycles. The first-order valence-corrected chi connectivity index (χ1v) is 7.07. The van der Waals surface area contributed by atoms with E-state index in [-0.39, 0.29) is 4.99 Å². The zero-order valence-corrected chi connectivity index (χ0v) is 11.8. The van der Waals surface area contributed by atoms with Crippen molar-refractivity contribution >= 4 is 27.4 Å². The quantitative estimate of drug-likeness (QED) is 0.617. The number of hydrogen-bond donors (Lipinski definition) is 3. The van der Waals surface area contributed by atoms with Crippen LogP contribution < -0.4 is 15.2 Å². The fraction of sp³-hybridized carbons (Fsp3) is 0.889. The lowest BCUT2D eigenvalue weighted by atomic mass is 10.1. The van der Waals surface area contributed by atoms with Crippen LogP contribution in [0, 0.1) is 0 Å². The number of nitrogens with one attached hydrogen (secondary N) is 2. The highest BCUT2D eigenvalue weighted by molar-refractivity contribution is 7.87. The molecule has 7 heteroatoms. The van der Waals surface area contributed by atoms with Crippen molar-refractivity contribution in [2.45, 2.75) is 52.1 Å². The number of rotatable bonds is 6. The number of thiocarbonyl (C=S) groups is 1. The average Bonchev–Trinajstić information content (AvgIpc) is 1.97. The Morgan fingerprint density at radius 1 is 1.44 bits per heavy atom. The van der Waals surface area contributed by atoms with E-state index < -0.39 is 21.8 Å². The van der Waals surface area contributed by atoms with E-state index >= 15 is 0 Å². The first-order valence-electron chi connectivity index (χ1n) is 5.18. The summed E-state index contributed by atoms with van der Waals surface area (Å²) in [5.41, 5.74) is 4.94. The van der Waals surface area contributed by atoms with E-state index in [1.165, 1.54) is 0 Å². The lowest BCUT2D eigenvalue weighted by Gasteiger charge is -2.23. The van der Waals surface area contributed by atoms with E-state index in [4.69, 9.17) is 18.0 Å². The third kappa shape index (κ3) is 7.10. The molecule has 16 heavy (non-hydrogen) atoms. The smallest absolute Gasteiger partial charge is 0.278 e. The third-order valence-corrected chi connectivity index (χ3v) is 3.42. The normalized spacial score (nSPS) is 14.8. The second-order valence-electron chi connectivity index (χ2n) is 4.72. The van der Waals surface area contributed by atoms with Crippen LogP contribution in [0.5, 0.6) is 0 Å². The Morgan fingerprint density at radius 2 is 1.94 bits per heavy atom. The minimum absolute atomic E-state index is 0.168. The van der Waals surface area contributed by atoms with Crippen molar-refractivity contribution in [2.24, 2.45) is 5.73 Å². The number of nitrogens with two attached hydrogens (primary N) is 1. The Bertz CT molecular complexity index is 333. The third-order valence-electron chi connectivity index (χ3n) is 1.66. The van der Waals surface area contributed by atoms with Crippen molar-refractivity contribution < 1.29 is 8.42 Å². The molecular weight excluding hydrogens is 246 g/mol. The molecule has 0 aliphatic rings. The molecule has 0 saturated heterocycles. The molecule has 96 valence electrons. The van der Waals surface area contributed by atoms with Gasteiger partial charge in [0.25, 0.3) is 10.2 Å². The van der Waals surface area contributed by atoms with Gasteiger partial charge in [-0.3, -0.25) is 0 Å². The van der Waals surface area contributed by atoms with E-state index in [1.807, 2.05) is 6.92 Å². The molecule has 0 bridgehead atoms. The van der Waals surface area contributed by atoms with Gasteiger partial charge in [0.2, 0.25) is 0 Å². The predicted molar refractivity (Wildman–Crippen MR) is 70.4 cm³/mol. The lowest BCUT2D eigenvalue weighted by Crippen LogP contribution is -2.52. The van der Waals surface area contributed by atoms with Crippen LogP contribution >= 0.6 is 12.2 Å². The van der Waals surface area contributed by atoms with Crippen molar-refractivity contribution in [3.05, 3.63) is 0 Å². The zero-order chi connectivity index (χ0) is 13.0. The Kier molecular flexibility index (Phi) is 5.81. The van der Waals surface area contributed by atoms with Crippen LogP contribution in [0.25, 0.3) is 0 Å².